The molecular weight excluding hydrogens is 216 g/mol. The second-order valence-corrected chi connectivity index (χ2v) is 6.08. The van der Waals surface area contributed by atoms with Crippen molar-refractivity contribution >= 4 is 5.91 Å². The fourth-order valence-electron chi connectivity index (χ4n) is 2.97. The average Bonchev–Trinajstić information content (AvgIpc) is 2.69. The first kappa shape index (κ1) is 12.8. The minimum atomic E-state index is 0.0552. The van der Waals surface area contributed by atoms with Gasteiger partial charge >= 0.3 is 0 Å². The van der Waals surface area contributed by atoms with E-state index in [0.717, 1.165) is 19.5 Å². The van der Waals surface area contributed by atoms with Gasteiger partial charge in [-0.25, -0.2) is 0 Å². The summed E-state index contributed by atoms with van der Waals surface area (Å²) in [5, 5.41) is 6.45. The maximum Gasteiger partial charge on any atom is 0.224 e. The fourth-order valence-corrected chi connectivity index (χ4v) is 2.97. The van der Waals surface area contributed by atoms with Gasteiger partial charge in [0.25, 0.3) is 0 Å². The predicted molar refractivity (Wildman–Crippen MR) is 66.6 cm³/mol. The molecule has 4 nitrogen and oxygen atoms in total. The highest BCUT2D eigenvalue weighted by Crippen LogP contribution is 2.42. The third-order valence-electron chi connectivity index (χ3n) is 4.63. The molecule has 98 valence electrons. The monoisotopic (exact) mass is 240 g/mol. The van der Waals surface area contributed by atoms with Crippen molar-refractivity contribution in [1.29, 1.82) is 0 Å². The van der Waals surface area contributed by atoms with Gasteiger partial charge in [-0.3, -0.25) is 4.79 Å². The number of methoxy groups -OCH3 is 1. The Labute approximate surface area is 103 Å². The Morgan fingerprint density at radius 2 is 2.12 bits per heavy atom. The normalized spacial score (nSPS) is 39.8. The summed E-state index contributed by atoms with van der Waals surface area (Å²) in [5.41, 5.74) is 0.0552. The zero-order chi connectivity index (χ0) is 12.6. The third-order valence-corrected chi connectivity index (χ3v) is 4.63. The summed E-state index contributed by atoms with van der Waals surface area (Å²) in [7, 11) is 1.74. The molecule has 0 aromatic heterocycles. The van der Waals surface area contributed by atoms with Crippen LogP contribution in [0.1, 0.15) is 27.2 Å². The lowest BCUT2D eigenvalue weighted by Gasteiger charge is -2.51. The van der Waals surface area contributed by atoms with E-state index in [4.69, 9.17) is 4.74 Å². The van der Waals surface area contributed by atoms with Crippen molar-refractivity contribution in [3.05, 3.63) is 0 Å². The number of hydrogen-bond acceptors (Lipinski definition) is 3. The maximum absolute atomic E-state index is 12.1. The molecule has 2 fully saturated rings. The lowest BCUT2D eigenvalue weighted by molar-refractivity contribution is -0.136. The molecule has 1 aliphatic heterocycles. The minimum absolute atomic E-state index is 0.0552. The molecule has 0 aromatic rings. The van der Waals surface area contributed by atoms with Crippen molar-refractivity contribution in [3.63, 3.8) is 0 Å². The van der Waals surface area contributed by atoms with E-state index in [1.165, 1.54) is 0 Å². The SMILES string of the molecule is COC1CC(NC(=O)C2CNCC2C)C1(C)C. The van der Waals surface area contributed by atoms with E-state index in [-0.39, 0.29) is 29.4 Å². The number of ether oxygens (including phenoxy) is 1. The van der Waals surface area contributed by atoms with Gasteiger partial charge in [0, 0.05) is 25.1 Å². The molecule has 0 bridgehead atoms. The van der Waals surface area contributed by atoms with Crippen LogP contribution in [0.2, 0.25) is 0 Å². The number of hydrogen-bond donors (Lipinski definition) is 2. The zero-order valence-electron chi connectivity index (χ0n) is 11.2. The van der Waals surface area contributed by atoms with E-state index >= 15 is 0 Å². The number of nitrogens with one attached hydrogen (secondary N) is 2. The first-order valence-electron chi connectivity index (χ1n) is 6.50. The topological polar surface area (TPSA) is 50.4 Å². The Hall–Kier alpha value is -0.610. The van der Waals surface area contributed by atoms with E-state index in [2.05, 4.69) is 31.4 Å². The molecule has 2 N–H and O–H groups in total. The zero-order valence-corrected chi connectivity index (χ0v) is 11.2. The minimum Gasteiger partial charge on any atom is -0.381 e. The van der Waals surface area contributed by atoms with Gasteiger partial charge in [-0.2, -0.15) is 0 Å². The summed E-state index contributed by atoms with van der Waals surface area (Å²) >= 11 is 0. The molecular formula is C13H24N2O2. The van der Waals surface area contributed by atoms with Crippen LogP contribution in [0.15, 0.2) is 0 Å². The fraction of sp³-hybridized carbons (Fsp3) is 0.923. The maximum atomic E-state index is 12.1. The van der Waals surface area contributed by atoms with Crippen molar-refractivity contribution in [3.8, 4) is 0 Å². The van der Waals surface area contributed by atoms with Gasteiger partial charge in [0.05, 0.1) is 12.0 Å². The molecule has 17 heavy (non-hydrogen) atoms. The molecule has 1 aliphatic carbocycles. The second kappa shape index (κ2) is 4.58. The lowest BCUT2D eigenvalue weighted by Crippen LogP contribution is -2.62. The Bertz CT molecular complexity index is 304. The quantitative estimate of drug-likeness (QED) is 0.766. The molecule has 2 rings (SSSR count). The number of rotatable bonds is 3. The van der Waals surface area contributed by atoms with Gasteiger partial charge in [-0.1, -0.05) is 20.8 Å². The van der Waals surface area contributed by atoms with Gasteiger partial charge < -0.3 is 15.4 Å². The molecule has 1 saturated carbocycles. The molecule has 4 heteroatoms. The van der Waals surface area contributed by atoms with Crippen LogP contribution in [0.25, 0.3) is 0 Å². The Kier molecular flexibility index (Phi) is 3.46. The van der Waals surface area contributed by atoms with Gasteiger partial charge in [0.2, 0.25) is 5.91 Å². The molecule has 4 unspecified atom stereocenters. The molecule has 1 amide bonds. The molecule has 0 radical (unpaired) electrons. The summed E-state index contributed by atoms with van der Waals surface area (Å²) in [6.07, 6.45) is 1.20. The Balaban J connectivity index is 1.88. The summed E-state index contributed by atoms with van der Waals surface area (Å²) in [6, 6.07) is 0.257. The van der Waals surface area contributed by atoms with Crippen molar-refractivity contribution in [1.82, 2.24) is 10.6 Å². The van der Waals surface area contributed by atoms with Crippen molar-refractivity contribution in [2.75, 3.05) is 20.2 Å². The van der Waals surface area contributed by atoms with Crippen molar-refractivity contribution in [2.24, 2.45) is 17.3 Å². The third kappa shape index (κ3) is 2.20. The number of carbonyl (C=O) groups is 1. The standard InChI is InChI=1S/C13H24N2O2/c1-8-6-14-7-9(8)12(16)15-10-5-11(17-4)13(10,2)3/h8-11,14H,5-7H2,1-4H3,(H,15,16). The number of carbonyl (C=O) groups excluding carboxylic acids is 1. The smallest absolute Gasteiger partial charge is 0.224 e. The van der Waals surface area contributed by atoms with Crippen LogP contribution >= 0.6 is 0 Å². The van der Waals surface area contributed by atoms with Gasteiger partial charge in [-0.15, -0.1) is 0 Å². The number of amides is 1. The highest BCUT2D eigenvalue weighted by atomic mass is 16.5. The van der Waals surface area contributed by atoms with E-state index in [0.29, 0.717) is 5.92 Å². The van der Waals surface area contributed by atoms with Gasteiger partial charge in [0.15, 0.2) is 0 Å². The van der Waals surface area contributed by atoms with E-state index in [9.17, 15) is 4.79 Å². The molecule has 0 spiro atoms. The van der Waals surface area contributed by atoms with Gasteiger partial charge in [-0.05, 0) is 18.9 Å². The van der Waals surface area contributed by atoms with Gasteiger partial charge in [0.1, 0.15) is 0 Å². The summed E-state index contributed by atoms with van der Waals surface area (Å²) < 4.78 is 5.40. The predicted octanol–water partition coefficient (Wildman–Crippen LogP) is 0.772. The van der Waals surface area contributed by atoms with E-state index in [1.807, 2.05) is 0 Å². The summed E-state index contributed by atoms with van der Waals surface area (Å²) in [5.74, 6) is 0.777. The summed E-state index contributed by atoms with van der Waals surface area (Å²) in [6.45, 7) is 8.21. The van der Waals surface area contributed by atoms with Crippen LogP contribution in [-0.4, -0.2) is 38.3 Å². The molecule has 2 aliphatic rings. The van der Waals surface area contributed by atoms with Crippen LogP contribution in [0.5, 0.6) is 0 Å². The highest BCUT2D eigenvalue weighted by molar-refractivity contribution is 5.80. The van der Waals surface area contributed by atoms with Crippen molar-refractivity contribution in [2.45, 2.75) is 39.3 Å². The molecule has 0 aromatic carbocycles. The van der Waals surface area contributed by atoms with Crippen LogP contribution in [0, 0.1) is 17.3 Å². The van der Waals surface area contributed by atoms with E-state index < -0.39 is 0 Å². The Morgan fingerprint density at radius 3 is 2.59 bits per heavy atom. The summed E-state index contributed by atoms with van der Waals surface area (Å²) in [4.78, 5) is 12.1. The van der Waals surface area contributed by atoms with Crippen LogP contribution in [0.3, 0.4) is 0 Å². The molecule has 1 heterocycles. The lowest BCUT2D eigenvalue weighted by atomic mass is 9.64. The first-order valence-corrected chi connectivity index (χ1v) is 6.50. The second-order valence-electron chi connectivity index (χ2n) is 6.08. The van der Waals surface area contributed by atoms with Crippen LogP contribution in [0.4, 0.5) is 0 Å². The van der Waals surface area contributed by atoms with Crippen LogP contribution < -0.4 is 10.6 Å². The highest BCUT2D eigenvalue weighted by Gasteiger charge is 2.49. The molecule has 4 atom stereocenters. The Morgan fingerprint density at radius 1 is 1.41 bits per heavy atom. The largest absolute Gasteiger partial charge is 0.381 e. The van der Waals surface area contributed by atoms with Crippen LogP contribution in [-0.2, 0) is 9.53 Å². The molecule has 1 saturated heterocycles. The first-order chi connectivity index (χ1) is 7.96. The van der Waals surface area contributed by atoms with E-state index in [1.54, 1.807) is 7.11 Å². The average molecular weight is 240 g/mol. The van der Waals surface area contributed by atoms with Crippen molar-refractivity contribution < 1.29 is 9.53 Å².